The van der Waals surface area contributed by atoms with Crippen LogP contribution in [0.25, 0.3) is 0 Å². The van der Waals surface area contributed by atoms with Crippen molar-refractivity contribution in [3.05, 3.63) is 39.4 Å². The zero-order valence-electron chi connectivity index (χ0n) is 14.5. The van der Waals surface area contributed by atoms with E-state index in [1.54, 1.807) is 0 Å². The number of nitro groups is 1. The fourth-order valence-electron chi connectivity index (χ4n) is 2.99. The number of nitrogens with zero attached hydrogens (tertiary/aromatic N) is 3. The van der Waals surface area contributed by atoms with Crippen LogP contribution in [0.3, 0.4) is 0 Å². The maximum absolute atomic E-state index is 13.2. The summed E-state index contributed by atoms with van der Waals surface area (Å²) >= 11 is 0. The van der Waals surface area contributed by atoms with Crippen molar-refractivity contribution in [2.24, 2.45) is 0 Å². The van der Waals surface area contributed by atoms with Crippen molar-refractivity contribution in [3.8, 4) is 0 Å². The smallest absolute Gasteiger partial charge is 0.416 e. The summed E-state index contributed by atoms with van der Waals surface area (Å²) in [5.74, 6) is 0. The molecule has 0 saturated carbocycles. The quantitative estimate of drug-likeness (QED) is 0.421. The molecule has 27 heavy (non-hydrogen) atoms. The minimum Gasteiger partial charge on any atom is -0.465 e. The average Bonchev–Trinajstić information content (AvgIpc) is 2.59. The number of rotatable bonds is 7. The molecule has 11 heteroatoms. The molecular weight excluding hydrogens is 369 g/mol. The van der Waals surface area contributed by atoms with Crippen molar-refractivity contribution in [2.45, 2.75) is 19.1 Å². The summed E-state index contributed by atoms with van der Waals surface area (Å²) in [4.78, 5) is 24.3. The molecule has 0 spiro atoms. The molecule has 0 unspecified atom stereocenters. The molecule has 1 saturated heterocycles. The number of halogens is 3. The highest BCUT2D eigenvalue weighted by atomic mass is 19.4. The van der Waals surface area contributed by atoms with Crippen LogP contribution in [0, 0.1) is 10.1 Å². The van der Waals surface area contributed by atoms with Crippen LogP contribution in [0.4, 0.5) is 23.7 Å². The molecule has 0 aromatic heterocycles. The van der Waals surface area contributed by atoms with Gasteiger partial charge >= 0.3 is 12.3 Å². The molecule has 1 aliphatic rings. The third kappa shape index (κ3) is 6.36. The Morgan fingerprint density at radius 2 is 1.85 bits per heavy atom. The number of nitro benzene ring substituents is 1. The first-order valence-electron chi connectivity index (χ1n) is 8.43. The highest BCUT2D eigenvalue weighted by Crippen LogP contribution is 2.35. The van der Waals surface area contributed by atoms with Gasteiger partial charge in [-0.15, -0.1) is 0 Å². The number of piperazine rings is 1. The Hall–Kier alpha value is -2.40. The minimum absolute atomic E-state index is 0.0206. The normalized spacial score (nSPS) is 16.3. The van der Waals surface area contributed by atoms with Crippen LogP contribution in [0.15, 0.2) is 18.2 Å². The lowest BCUT2D eigenvalue weighted by atomic mass is 10.0. The van der Waals surface area contributed by atoms with Crippen LogP contribution in [0.5, 0.6) is 0 Å². The van der Waals surface area contributed by atoms with Gasteiger partial charge in [-0.2, -0.15) is 13.2 Å². The summed E-state index contributed by atoms with van der Waals surface area (Å²) in [5, 5.41) is 21.5. The summed E-state index contributed by atoms with van der Waals surface area (Å²) < 4.78 is 39.7. The minimum atomic E-state index is -4.65. The number of carboxylic acid groups (broad SMARTS) is 1. The number of carbonyl (C=O) groups is 1. The first-order valence-corrected chi connectivity index (χ1v) is 8.43. The predicted molar refractivity (Wildman–Crippen MR) is 90.5 cm³/mol. The Kier molecular flexibility index (Phi) is 6.97. The van der Waals surface area contributed by atoms with Crippen LogP contribution in [-0.4, -0.2) is 65.2 Å². The Morgan fingerprint density at radius 1 is 1.22 bits per heavy atom. The fraction of sp³-hybridized carbons (Fsp3) is 0.562. The summed E-state index contributed by atoms with van der Waals surface area (Å²) in [6.45, 7) is 3.61. The molecule has 1 aliphatic heterocycles. The van der Waals surface area contributed by atoms with Gasteiger partial charge in [0.25, 0.3) is 5.69 Å². The van der Waals surface area contributed by atoms with Crippen molar-refractivity contribution in [3.63, 3.8) is 0 Å². The number of amides is 1. The molecule has 8 nitrogen and oxygen atoms in total. The Labute approximate surface area is 153 Å². The maximum atomic E-state index is 13.2. The van der Waals surface area contributed by atoms with Gasteiger partial charge in [0.15, 0.2) is 0 Å². The molecule has 1 aromatic rings. The molecule has 1 amide bonds. The van der Waals surface area contributed by atoms with Crippen LogP contribution in [-0.2, 0) is 12.7 Å². The number of hydrogen-bond donors (Lipinski definition) is 2. The third-order valence-corrected chi connectivity index (χ3v) is 4.40. The van der Waals surface area contributed by atoms with E-state index in [4.69, 9.17) is 5.11 Å². The van der Waals surface area contributed by atoms with E-state index in [9.17, 15) is 28.1 Å². The number of hydrogen-bond acceptors (Lipinski definition) is 5. The van der Waals surface area contributed by atoms with E-state index in [-0.39, 0.29) is 12.1 Å². The number of alkyl halides is 3. The first kappa shape index (κ1) is 20.9. The molecule has 0 bridgehead atoms. The van der Waals surface area contributed by atoms with Crippen molar-refractivity contribution in [1.82, 2.24) is 15.1 Å². The number of nitrogens with one attached hydrogen (secondary N) is 1. The van der Waals surface area contributed by atoms with Gasteiger partial charge in [0.05, 0.1) is 10.5 Å². The Morgan fingerprint density at radius 3 is 2.41 bits per heavy atom. The van der Waals surface area contributed by atoms with Crippen molar-refractivity contribution in [1.29, 1.82) is 0 Å². The largest absolute Gasteiger partial charge is 0.465 e. The zero-order valence-corrected chi connectivity index (χ0v) is 14.5. The second kappa shape index (κ2) is 9.00. The third-order valence-electron chi connectivity index (χ3n) is 4.40. The predicted octanol–water partition coefficient (Wildman–Crippen LogP) is 2.39. The number of benzene rings is 1. The maximum Gasteiger partial charge on any atom is 0.416 e. The molecule has 150 valence electrons. The Balaban J connectivity index is 1.91. The van der Waals surface area contributed by atoms with E-state index < -0.39 is 28.4 Å². The van der Waals surface area contributed by atoms with E-state index in [1.165, 1.54) is 6.07 Å². The second-order valence-corrected chi connectivity index (χ2v) is 6.30. The molecule has 1 aromatic carbocycles. The van der Waals surface area contributed by atoms with Crippen molar-refractivity contribution >= 4 is 11.8 Å². The van der Waals surface area contributed by atoms with Gasteiger partial charge in [-0.25, -0.2) is 4.79 Å². The molecule has 2 rings (SSSR count). The van der Waals surface area contributed by atoms with Gasteiger partial charge in [-0.05, 0) is 18.5 Å². The molecule has 0 radical (unpaired) electrons. The van der Waals surface area contributed by atoms with Crippen LogP contribution >= 0.6 is 0 Å². The summed E-state index contributed by atoms with van der Waals surface area (Å²) in [7, 11) is 0. The van der Waals surface area contributed by atoms with Crippen LogP contribution < -0.4 is 5.32 Å². The average molecular weight is 390 g/mol. The standard InChI is InChI=1S/C16H21F3N4O4/c17-16(18,19)14-10-13(23(26)27)3-2-12(14)11-22-8-6-21(7-9-22)5-1-4-20-15(24)25/h2-3,10,20H,1,4-9,11H2,(H,24,25). The van der Waals surface area contributed by atoms with Crippen LogP contribution in [0.1, 0.15) is 17.5 Å². The van der Waals surface area contributed by atoms with E-state index in [2.05, 4.69) is 10.2 Å². The number of non-ortho nitro benzene ring substituents is 1. The second-order valence-electron chi connectivity index (χ2n) is 6.30. The van der Waals surface area contributed by atoms with Gasteiger partial charge in [0, 0.05) is 51.4 Å². The molecular formula is C16H21F3N4O4. The lowest BCUT2D eigenvalue weighted by Crippen LogP contribution is -2.46. The summed E-state index contributed by atoms with van der Waals surface area (Å²) in [6.07, 6.45) is -5.06. The molecule has 1 heterocycles. The van der Waals surface area contributed by atoms with Gasteiger partial charge < -0.3 is 15.3 Å². The monoisotopic (exact) mass is 390 g/mol. The van der Waals surface area contributed by atoms with Gasteiger partial charge in [-0.1, -0.05) is 6.07 Å². The molecule has 0 atom stereocenters. The Bertz CT molecular complexity index is 676. The highest BCUT2D eigenvalue weighted by Gasteiger charge is 2.35. The van der Waals surface area contributed by atoms with E-state index >= 15 is 0 Å². The lowest BCUT2D eigenvalue weighted by Gasteiger charge is -2.35. The van der Waals surface area contributed by atoms with Gasteiger partial charge in [-0.3, -0.25) is 15.0 Å². The molecule has 0 aliphatic carbocycles. The SMILES string of the molecule is O=C(O)NCCCN1CCN(Cc2ccc([N+](=O)[O-])cc2C(F)(F)F)CC1. The molecule has 1 fully saturated rings. The topological polar surface area (TPSA) is 99.0 Å². The zero-order chi connectivity index (χ0) is 20.0. The van der Waals surface area contributed by atoms with E-state index in [1.807, 2.05) is 4.90 Å². The van der Waals surface area contributed by atoms with E-state index in [0.717, 1.165) is 6.07 Å². The summed E-state index contributed by atoms with van der Waals surface area (Å²) in [5.41, 5.74) is -1.53. The fourth-order valence-corrected chi connectivity index (χ4v) is 2.99. The molecule has 2 N–H and O–H groups in total. The van der Waals surface area contributed by atoms with E-state index in [0.29, 0.717) is 51.8 Å². The highest BCUT2D eigenvalue weighted by molar-refractivity contribution is 5.64. The van der Waals surface area contributed by atoms with Crippen molar-refractivity contribution < 1.29 is 28.0 Å². The first-order chi connectivity index (χ1) is 12.7. The van der Waals surface area contributed by atoms with Gasteiger partial charge in [0.2, 0.25) is 0 Å². The lowest BCUT2D eigenvalue weighted by molar-refractivity contribution is -0.385. The summed E-state index contributed by atoms with van der Waals surface area (Å²) in [6, 6.07) is 2.85. The van der Waals surface area contributed by atoms with Crippen molar-refractivity contribution in [2.75, 3.05) is 39.3 Å². The van der Waals surface area contributed by atoms with Gasteiger partial charge in [0.1, 0.15) is 0 Å². The van der Waals surface area contributed by atoms with Crippen LogP contribution in [0.2, 0.25) is 0 Å².